The number of carboxylic acids is 3. The third-order valence-electron chi connectivity index (χ3n) is 13.8. The Morgan fingerprint density at radius 3 is 1.34 bits per heavy atom. The zero-order chi connectivity index (χ0) is 52.3. The number of benzene rings is 4. The summed E-state index contributed by atoms with van der Waals surface area (Å²) in [5, 5.41) is 29.0. The van der Waals surface area contributed by atoms with E-state index in [0.29, 0.717) is 50.6 Å². The van der Waals surface area contributed by atoms with Crippen LogP contribution in [0.1, 0.15) is 164 Å². The van der Waals surface area contributed by atoms with E-state index in [0.717, 1.165) is 37.7 Å². The molecule has 73 heavy (non-hydrogen) atoms. The van der Waals surface area contributed by atoms with E-state index in [-0.39, 0.29) is 86.7 Å². The van der Waals surface area contributed by atoms with E-state index in [2.05, 4.69) is 50.5 Å². The molecule has 4 aromatic carbocycles. The molecule has 12 nitrogen and oxygen atoms in total. The van der Waals surface area contributed by atoms with Gasteiger partial charge in [0.15, 0.2) is 19.7 Å². The Morgan fingerprint density at radius 2 is 0.890 bits per heavy atom. The molecule has 0 fully saturated rings. The zero-order valence-electron chi connectivity index (χ0n) is 42.6. The van der Waals surface area contributed by atoms with Crippen LogP contribution in [0, 0.1) is 27.7 Å². The van der Waals surface area contributed by atoms with E-state index >= 15 is 0 Å². The summed E-state index contributed by atoms with van der Waals surface area (Å²) in [5.74, 6) is -0.655. The van der Waals surface area contributed by atoms with Crippen LogP contribution in [0.25, 0.3) is 0 Å². The van der Waals surface area contributed by atoms with Crippen LogP contribution in [0.4, 0.5) is 0 Å². The summed E-state index contributed by atoms with van der Waals surface area (Å²) < 4.78 is 49.6. The number of carboxylic acid groups (broad SMARTS) is 3. The number of hydrogen-bond acceptors (Lipinski definition) is 9. The van der Waals surface area contributed by atoms with Gasteiger partial charge in [0.2, 0.25) is 0 Å². The fraction of sp³-hybridized carbons (Fsp3) is 0.481. The molecule has 0 saturated carbocycles. The topological polar surface area (TPSA) is 243 Å². The third-order valence-corrected chi connectivity index (χ3v) is 21.7. The van der Waals surface area contributed by atoms with Crippen LogP contribution >= 0.6 is 74.3 Å². The predicted octanol–water partition coefficient (Wildman–Crippen LogP) is 13.2. The molecule has 0 bridgehead atoms. The number of halogens is 4. The van der Waals surface area contributed by atoms with Gasteiger partial charge in [0, 0.05) is 33.7 Å². The van der Waals surface area contributed by atoms with Crippen molar-refractivity contribution in [3.05, 3.63) is 111 Å². The molecular formula is C52H68BrCl3O12S4Zn. The van der Waals surface area contributed by atoms with Crippen molar-refractivity contribution in [3.8, 4) is 0 Å². The summed E-state index contributed by atoms with van der Waals surface area (Å²) >= 11 is 25.7. The minimum atomic E-state index is -3.43. The molecular weight excluding hydrogens is 1200 g/mol. The van der Waals surface area contributed by atoms with E-state index in [1.165, 1.54) is 46.4 Å². The Bertz CT molecular complexity index is 3030. The van der Waals surface area contributed by atoms with Crippen molar-refractivity contribution in [3.63, 3.8) is 0 Å². The Labute approximate surface area is 476 Å². The molecule has 4 aliphatic rings. The molecule has 0 saturated heterocycles. The van der Waals surface area contributed by atoms with Crippen molar-refractivity contribution >= 4 is 112 Å². The molecule has 21 heteroatoms. The summed E-state index contributed by atoms with van der Waals surface area (Å²) in [5.41, 5.74) is 7.09. The first-order valence-electron chi connectivity index (χ1n) is 22.2. The number of hydrogen-bond donors (Lipinski definition) is 3. The zero-order valence-corrected chi connectivity index (χ0v) is 52.7. The Hall–Kier alpha value is -2.22. The van der Waals surface area contributed by atoms with Crippen LogP contribution < -0.4 is 0 Å². The van der Waals surface area contributed by atoms with Crippen molar-refractivity contribution in [2.45, 2.75) is 157 Å². The van der Waals surface area contributed by atoms with Crippen molar-refractivity contribution in [1.82, 2.24) is 0 Å². The van der Waals surface area contributed by atoms with E-state index in [1.54, 1.807) is 31.7 Å². The van der Waals surface area contributed by atoms with Gasteiger partial charge in [-0.25, -0.2) is 31.2 Å². The van der Waals surface area contributed by atoms with Gasteiger partial charge in [-0.1, -0.05) is 114 Å². The van der Waals surface area contributed by atoms with Crippen LogP contribution in [0.5, 0.6) is 0 Å². The van der Waals surface area contributed by atoms with Crippen LogP contribution in [-0.4, -0.2) is 84.0 Å². The van der Waals surface area contributed by atoms with Gasteiger partial charge >= 0.3 is 17.9 Å². The smallest absolute Gasteiger partial charge is 0.336 e. The summed E-state index contributed by atoms with van der Waals surface area (Å²) in [4.78, 5) is 36.3. The third kappa shape index (κ3) is 14.1. The summed E-state index contributed by atoms with van der Waals surface area (Å²) in [6.07, 6.45) is 3.25. The van der Waals surface area contributed by atoms with Gasteiger partial charge in [0.25, 0.3) is 0 Å². The minimum Gasteiger partial charge on any atom is -0.478 e. The fourth-order valence-electron chi connectivity index (χ4n) is 9.95. The van der Waals surface area contributed by atoms with Gasteiger partial charge in [-0.2, -0.15) is 0 Å². The van der Waals surface area contributed by atoms with Crippen LogP contribution in [-0.2, 0) is 60.8 Å². The maximum Gasteiger partial charge on any atom is 0.336 e. The largest absolute Gasteiger partial charge is 0.478 e. The fourth-order valence-corrected chi connectivity index (χ4v) is 19.1. The van der Waals surface area contributed by atoms with Crippen LogP contribution in [0.15, 0.2) is 54.4 Å². The molecule has 0 radical (unpaired) electrons. The van der Waals surface area contributed by atoms with Gasteiger partial charge in [0.1, 0.15) is 0 Å². The summed E-state index contributed by atoms with van der Waals surface area (Å²) in [6.45, 7) is 24.0. The maximum atomic E-state index is 12.2. The Morgan fingerprint density at radius 1 is 0.534 bits per heavy atom. The second kappa shape index (κ2) is 25.1. The standard InChI is InChI=1S/C13H15ClO4S.C13H15ClO2S.C13H16O4S.C12H14BrClS.CH4.2H2O.Zn/c1-7-8(12(15)16)6-9(14)11-10(7)13(2,3)4-5-19(11,17)18;1-7-8(12(15)16)6-9(14)11-10(7)13(2,3)4-5-17-11;1-8-9(12(14)15)4-5-10-11(8)13(2,3)6-7-18(10,16)17;1-7-8(13)6-9(14)11-10(7)12(2,3)4-5-15-11;;;;/h6H,4-5H2,1-3H3,(H,15,16);6H,4-5H2,1-3H3,(H,15,16);4-5H,6-7H2,1-3H3,(H,14,15);6H,4-5H2,1-3H3;1H4;2*1H2;. The normalized spacial score (nSPS) is 18.1. The number of thioether (sulfide) groups is 2. The molecule has 0 aromatic heterocycles. The van der Waals surface area contributed by atoms with Gasteiger partial charge in [-0.3, -0.25) is 0 Å². The first-order chi connectivity index (χ1) is 31.5. The van der Waals surface area contributed by atoms with Crippen LogP contribution in [0.3, 0.4) is 0 Å². The van der Waals surface area contributed by atoms with Gasteiger partial charge in [-0.05, 0) is 161 Å². The number of fused-ring (bicyclic) bond motifs is 4. The predicted molar refractivity (Wildman–Crippen MR) is 298 cm³/mol. The second-order valence-electron chi connectivity index (χ2n) is 20.5. The van der Waals surface area contributed by atoms with Crippen molar-refractivity contribution in [1.29, 1.82) is 0 Å². The molecule has 0 amide bonds. The number of carbonyl (C=O) groups is 3. The summed E-state index contributed by atoms with van der Waals surface area (Å²) in [7, 11) is -6.70. The first kappa shape index (κ1) is 68.8. The average Bonchev–Trinajstić information content (AvgIpc) is 3.22. The van der Waals surface area contributed by atoms with Crippen molar-refractivity contribution in [2.75, 3.05) is 23.0 Å². The first-order valence-corrected chi connectivity index (χ1v) is 29.4. The summed E-state index contributed by atoms with van der Waals surface area (Å²) in [6, 6.07) is 7.64. The molecule has 8 rings (SSSR count). The molecule has 0 atom stereocenters. The second-order valence-corrected chi connectivity index (χ2v) is 28.9. The number of aromatic carboxylic acids is 3. The van der Waals surface area contributed by atoms with E-state index in [9.17, 15) is 41.4 Å². The maximum absolute atomic E-state index is 12.2. The Kier molecular flexibility index (Phi) is 23.6. The number of rotatable bonds is 3. The molecule has 0 aliphatic carbocycles. The van der Waals surface area contributed by atoms with Gasteiger partial charge in [0.05, 0.1) is 53.1 Å². The van der Waals surface area contributed by atoms with Gasteiger partial charge < -0.3 is 26.3 Å². The SMILES string of the molecule is C.Cc1c(Br)cc(Cl)c2c1C(C)(C)CCS2.Cc1c(C(=O)O)cc(Cl)c2c1C(C)(C)CCS2.Cc1c(C(=O)O)cc(Cl)c2c1C(C)(C)CCS2(=O)=O.Cc1c(C(=O)O)ccc2c1C(C)(C)CCS2(=O)=O.O.O.[Zn]. The average molecular weight is 1270 g/mol. The van der Waals surface area contributed by atoms with Crippen molar-refractivity contribution in [2.24, 2.45) is 0 Å². The molecule has 402 valence electrons. The van der Waals surface area contributed by atoms with E-state index < -0.39 is 43.0 Å². The molecule has 4 aromatic rings. The van der Waals surface area contributed by atoms with Gasteiger partial charge in [-0.15, -0.1) is 23.5 Å². The number of sulfone groups is 2. The van der Waals surface area contributed by atoms with E-state index in [4.69, 9.17) is 39.9 Å². The molecule has 0 spiro atoms. The molecule has 7 N–H and O–H groups in total. The Balaban J connectivity index is 0.000000479. The molecule has 4 aliphatic heterocycles. The molecule has 0 unspecified atom stereocenters. The monoisotopic (exact) mass is 1260 g/mol. The van der Waals surface area contributed by atoms with E-state index in [1.807, 2.05) is 52.4 Å². The molecule has 4 heterocycles. The van der Waals surface area contributed by atoms with Crippen LogP contribution in [0.2, 0.25) is 15.1 Å². The van der Waals surface area contributed by atoms with Crippen molar-refractivity contribution < 1.29 is 77.0 Å². The minimum absolute atomic E-state index is 0. The quantitative estimate of drug-likeness (QED) is 0.162.